The van der Waals surface area contributed by atoms with Crippen LogP contribution in [-0.4, -0.2) is 32.4 Å². The highest BCUT2D eigenvalue weighted by Crippen LogP contribution is 2.16. The van der Waals surface area contributed by atoms with Crippen LogP contribution in [0.25, 0.3) is 11.3 Å². The van der Waals surface area contributed by atoms with Crippen LogP contribution in [0, 0.1) is 5.41 Å². The number of halogens is 1. The van der Waals surface area contributed by atoms with Crippen LogP contribution in [0.2, 0.25) is 0 Å². The van der Waals surface area contributed by atoms with Crippen LogP contribution in [0.5, 0.6) is 0 Å². The fraction of sp³-hybridized carbons (Fsp3) is 0.429. The number of carbonyl (C=O) groups excluding carboxylic acids is 1. The van der Waals surface area contributed by atoms with Crippen LogP contribution < -0.4 is 5.32 Å². The molecule has 0 radical (unpaired) electrons. The van der Waals surface area contributed by atoms with Crippen molar-refractivity contribution in [1.29, 1.82) is 0 Å². The zero-order chi connectivity index (χ0) is 15.5. The molecular weight excluding hydrogens is 334 g/mol. The lowest BCUT2D eigenvalue weighted by molar-refractivity contribution is -0.122. The second kappa shape index (κ2) is 6.34. The maximum Gasteiger partial charge on any atom is 0.241 e. The van der Waals surface area contributed by atoms with Gasteiger partial charge in [0, 0.05) is 18.3 Å². The first-order chi connectivity index (χ1) is 9.83. The van der Waals surface area contributed by atoms with Gasteiger partial charge in [-0.15, -0.1) is 5.10 Å². The van der Waals surface area contributed by atoms with Gasteiger partial charge in [0.2, 0.25) is 5.91 Å². The topological polar surface area (TPSA) is 72.7 Å². The Balaban J connectivity index is 1.97. The lowest BCUT2D eigenvalue weighted by atomic mass is 9.97. The third kappa shape index (κ3) is 4.93. The maximum absolute atomic E-state index is 11.8. The molecule has 0 aliphatic heterocycles. The average Bonchev–Trinajstić information content (AvgIpc) is 2.85. The smallest absolute Gasteiger partial charge is 0.241 e. The van der Waals surface area contributed by atoms with Crippen molar-refractivity contribution in [3.8, 4) is 11.3 Å². The molecule has 1 N–H and O–H groups in total. The number of amides is 1. The van der Waals surface area contributed by atoms with Crippen LogP contribution in [-0.2, 0) is 11.3 Å². The van der Waals surface area contributed by atoms with E-state index in [0.717, 1.165) is 10.2 Å². The predicted octanol–water partition coefficient (Wildman–Crippen LogP) is 2.26. The van der Waals surface area contributed by atoms with Gasteiger partial charge in [-0.3, -0.25) is 4.79 Å². The summed E-state index contributed by atoms with van der Waals surface area (Å²) in [5.74, 6) is -0.0738. The van der Waals surface area contributed by atoms with Gasteiger partial charge in [-0.25, -0.2) is 9.67 Å². The van der Waals surface area contributed by atoms with E-state index in [1.807, 2.05) is 12.1 Å². The summed E-state index contributed by atoms with van der Waals surface area (Å²) in [6.45, 7) is 7.00. The first-order valence-electron chi connectivity index (χ1n) is 6.62. The molecule has 0 bridgehead atoms. The fourth-order valence-corrected chi connectivity index (χ4v) is 1.84. The van der Waals surface area contributed by atoms with Crippen LogP contribution in [0.3, 0.4) is 0 Å². The normalized spacial score (nSPS) is 11.4. The van der Waals surface area contributed by atoms with Crippen molar-refractivity contribution in [1.82, 2.24) is 25.3 Å². The van der Waals surface area contributed by atoms with Crippen molar-refractivity contribution >= 4 is 21.8 Å². The number of nitrogens with zero attached hydrogens (tertiary/aromatic N) is 4. The Hall–Kier alpha value is -1.76. The second-order valence-corrected chi connectivity index (χ2v) is 6.82. The summed E-state index contributed by atoms with van der Waals surface area (Å²) in [5, 5.41) is 10.9. The number of carbonyl (C=O) groups is 1. The molecule has 7 heteroatoms. The van der Waals surface area contributed by atoms with Crippen molar-refractivity contribution in [2.45, 2.75) is 27.3 Å². The third-order valence-corrected chi connectivity index (χ3v) is 3.15. The van der Waals surface area contributed by atoms with Gasteiger partial charge in [0.1, 0.15) is 16.8 Å². The van der Waals surface area contributed by atoms with E-state index < -0.39 is 0 Å². The summed E-state index contributed by atoms with van der Waals surface area (Å²) in [6, 6.07) is 3.73. The van der Waals surface area contributed by atoms with Gasteiger partial charge >= 0.3 is 0 Å². The minimum Gasteiger partial charge on any atom is -0.354 e. The molecule has 0 unspecified atom stereocenters. The van der Waals surface area contributed by atoms with Gasteiger partial charge < -0.3 is 5.32 Å². The molecule has 21 heavy (non-hydrogen) atoms. The molecule has 0 fully saturated rings. The Morgan fingerprint density at radius 1 is 1.38 bits per heavy atom. The zero-order valence-electron chi connectivity index (χ0n) is 12.3. The summed E-state index contributed by atoms with van der Waals surface area (Å²) in [5.41, 5.74) is 1.62. The minimum atomic E-state index is -0.0738. The molecular formula is C14H18BrN5O. The zero-order valence-corrected chi connectivity index (χ0v) is 13.9. The van der Waals surface area contributed by atoms with Crippen LogP contribution in [0.15, 0.2) is 29.1 Å². The maximum atomic E-state index is 11.8. The first-order valence-corrected chi connectivity index (χ1v) is 7.41. The van der Waals surface area contributed by atoms with Gasteiger partial charge in [-0.2, -0.15) is 0 Å². The van der Waals surface area contributed by atoms with Crippen LogP contribution >= 0.6 is 15.9 Å². The highest BCUT2D eigenvalue weighted by atomic mass is 79.9. The Bertz CT molecular complexity index is 615. The Kier molecular flexibility index (Phi) is 4.72. The fourth-order valence-electron chi connectivity index (χ4n) is 1.60. The molecule has 2 heterocycles. The summed E-state index contributed by atoms with van der Waals surface area (Å²) in [6.07, 6.45) is 3.44. The predicted molar refractivity (Wildman–Crippen MR) is 83.4 cm³/mol. The Labute approximate surface area is 132 Å². The van der Waals surface area contributed by atoms with Gasteiger partial charge in [-0.1, -0.05) is 26.0 Å². The van der Waals surface area contributed by atoms with Gasteiger partial charge in [0.05, 0.1) is 6.20 Å². The number of pyridine rings is 1. The van der Waals surface area contributed by atoms with Gasteiger partial charge in [0.15, 0.2) is 0 Å². The number of rotatable bonds is 4. The highest BCUT2D eigenvalue weighted by Gasteiger charge is 2.13. The van der Waals surface area contributed by atoms with E-state index in [2.05, 4.69) is 57.3 Å². The molecule has 2 rings (SSSR count). The van der Waals surface area contributed by atoms with Crippen LogP contribution in [0.1, 0.15) is 20.8 Å². The number of nitrogens with one attached hydrogen (secondary N) is 1. The van der Waals surface area contributed by atoms with Crippen molar-refractivity contribution in [2.24, 2.45) is 5.41 Å². The van der Waals surface area contributed by atoms with E-state index in [1.54, 1.807) is 12.4 Å². The van der Waals surface area contributed by atoms with Gasteiger partial charge in [0.25, 0.3) is 0 Å². The van der Waals surface area contributed by atoms with E-state index in [9.17, 15) is 4.79 Å². The van der Waals surface area contributed by atoms with E-state index in [1.165, 1.54) is 4.68 Å². The Morgan fingerprint density at radius 2 is 2.14 bits per heavy atom. The van der Waals surface area contributed by atoms with Crippen molar-refractivity contribution in [3.63, 3.8) is 0 Å². The summed E-state index contributed by atoms with van der Waals surface area (Å²) in [4.78, 5) is 16.0. The lowest BCUT2D eigenvalue weighted by Crippen LogP contribution is -2.34. The van der Waals surface area contributed by atoms with Gasteiger partial charge in [-0.05, 0) is 33.5 Å². The standard InChI is InChI=1S/C14H18BrN5O/c1-14(2,3)9-17-13(21)8-20-7-11(18-19-20)10-4-5-12(15)16-6-10/h4-7H,8-9H2,1-3H3,(H,17,21). The van der Waals surface area contributed by atoms with E-state index in [4.69, 9.17) is 0 Å². The quantitative estimate of drug-likeness (QED) is 0.857. The summed E-state index contributed by atoms with van der Waals surface area (Å²) < 4.78 is 2.29. The molecule has 0 aliphatic carbocycles. The summed E-state index contributed by atoms with van der Waals surface area (Å²) in [7, 11) is 0. The molecule has 0 aliphatic rings. The van der Waals surface area contributed by atoms with Crippen molar-refractivity contribution in [2.75, 3.05) is 6.54 Å². The second-order valence-electron chi connectivity index (χ2n) is 6.01. The van der Waals surface area contributed by atoms with Crippen LogP contribution in [0.4, 0.5) is 0 Å². The minimum absolute atomic E-state index is 0.0618. The lowest BCUT2D eigenvalue weighted by Gasteiger charge is -2.18. The average molecular weight is 352 g/mol. The number of hydrogen-bond acceptors (Lipinski definition) is 4. The molecule has 6 nitrogen and oxygen atoms in total. The van der Waals surface area contributed by atoms with E-state index >= 15 is 0 Å². The molecule has 0 saturated heterocycles. The largest absolute Gasteiger partial charge is 0.354 e. The number of aromatic nitrogens is 4. The first kappa shape index (κ1) is 15.6. The molecule has 2 aromatic rings. The molecule has 2 aromatic heterocycles. The Morgan fingerprint density at radius 3 is 2.76 bits per heavy atom. The molecule has 0 atom stereocenters. The third-order valence-electron chi connectivity index (χ3n) is 2.68. The van der Waals surface area contributed by atoms with Crippen molar-refractivity contribution in [3.05, 3.63) is 29.1 Å². The highest BCUT2D eigenvalue weighted by molar-refractivity contribution is 9.10. The molecule has 0 aromatic carbocycles. The van der Waals surface area contributed by atoms with E-state index in [-0.39, 0.29) is 17.9 Å². The molecule has 0 spiro atoms. The van der Waals surface area contributed by atoms with E-state index in [0.29, 0.717) is 12.2 Å². The SMILES string of the molecule is CC(C)(C)CNC(=O)Cn1cc(-c2ccc(Br)nc2)nn1. The monoisotopic (exact) mass is 351 g/mol. The molecule has 112 valence electrons. The molecule has 1 amide bonds. The van der Waals surface area contributed by atoms with Crippen molar-refractivity contribution < 1.29 is 4.79 Å². The number of hydrogen-bond donors (Lipinski definition) is 1. The summed E-state index contributed by atoms with van der Waals surface area (Å²) >= 11 is 3.28. The molecule has 0 saturated carbocycles.